The number of pyridine rings is 2. The van der Waals surface area contributed by atoms with Crippen LogP contribution in [0.4, 0.5) is 0 Å². The number of hydrogen-bond acceptors (Lipinski definition) is 5. The summed E-state index contributed by atoms with van der Waals surface area (Å²) in [6.45, 7) is 29.9. The molecule has 2 N–H and O–H groups in total. The molecular weight excluding hydrogens is 687 g/mol. The molecule has 302 valence electrons. The van der Waals surface area contributed by atoms with E-state index < -0.39 is 0 Å². The minimum absolute atomic E-state index is 0.108. The standard InChI is InChI=1S/C18H24N2O.C14H16N2.C10H11N.C4H8.2C2H6/c1-3-18(21)20-17-12-8-15(9-13-17)5-4-14-6-10-16(19-2)11-7-14;1-3-14-8-6-10-16(14)12(2)11-13-7-4-5-9-15-13;1-3-9(2)8-10-6-4-5-7-11-10;1-3-4-2;2*1-2/h4-6,8-12,14,17,19H,3,7,13H2,1-2H3,(H,20,21);3-9,14H,1-2,10-11H2;4-7H,1,8H2,2H3;3H,1,4H2,2H3;2*1-2H3/b5-4+;;;;;/t;14-;;;;/m.1..../s1. The smallest absolute Gasteiger partial charge is 0.220 e. The average Bonchev–Trinajstić information content (AvgIpc) is 3.76. The number of hydrogen-bond donors (Lipinski definition) is 2. The normalized spacial score (nSPS) is 17.0. The van der Waals surface area contributed by atoms with Gasteiger partial charge in [0.1, 0.15) is 0 Å². The molecule has 56 heavy (non-hydrogen) atoms. The molecule has 2 aromatic heterocycles. The maximum Gasteiger partial charge on any atom is 0.220 e. The maximum atomic E-state index is 11.3. The van der Waals surface area contributed by atoms with Crippen molar-refractivity contribution in [2.24, 2.45) is 5.92 Å². The zero-order valence-electron chi connectivity index (χ0n) is 35.8. The summed E-state index contributed by atoms with van der Waals surface area (Å²) in [4.78, 5) is 22.1. The summed E-state index contributed by atoms with van der Waals surface area (Å²) in [5.41, 5.74) is 9.59. The summed E-state index contributed by atoms with van der Waals surface area (Å²) in [6, 6.07) is 12.3. The second kappa shape index (κ2) is 32.9. The highest BCUT2D eigenvalue weighted by atomic mass is 16.1. The summed E-state index contributed by atoms with van der Waals surface area (Å²) in [5, 5.41) is 6.13. The Morgan fingerprint density at radius 2 is 1.57 bits per heavy atom. The third-order valence-corrected chi connectivity index (χ3v) is 8.27. The number of nitrogens with zero attached hydrogens (tertiary/aromatic N) is 3. The van der Waals surface area contributed by atoms with Crippen molar-refractivity contribution in [2.75, 3.05) is 13.6 Å². The van der Waals surface area contributed by atoms with Crippen LogP contribution in [-0.4, -0.2) is 46.5 Å². The molecule has 3 atom stereocenters. The molecular formula is C50H71N5O. The largest absolute Gasteiger partial charge is 0.388 e. The molecule has 6 heteroatoms. The molecule has 1 aliphatic heterocycles. The molecule has 1 amide bonds. The molecule has 3 heterocycles. The van der Waals surface area contributed by atoms with Gasteiger partial charge < -0.3 is 15.5 Å². The van der Waals surface area contributed by atoms with Crippen LogP contribution in [-0.2, 0) is 17.6 Å². The van der Waals surface area contributed by atoms with E-state index in [1.807, 2.05) is 103 Å². The number of carbonyl (C=O) groups is 1. The Morgan fingerprint density at radius 3 is 2.04 bits per heavy atom. The van der Waals surface area contributed by atoms with Crippen LogP contribution in [0, 0.1) is 5.92 Å². The highest BCUT2D eigenvalue weighted by Gasteiger charge is 2.18. The van der Waals surface area contributed by atoms with E-state index in [1.165, 1.54) is 11.3 Å². The van der Waals surface area contributed by atoms with Crippen molar-refractivity contribution in [3.8, 4) is 0 Å². The number of aromatic nitrogens is 2. The molecule has 5 rings (SSSR count). The number of amides is 1. The predicted octanol–water partition coefficient (Wildman–Crippen LogP) is 11.6. The first kappa shape index (κ1) is 50.6. The van der Waals surface area contributed by atoms with Gasteiger partial charge in [0, 0.05) is 68.0 Å². The predicted molar refractivity (Wildman–Crippen MR) is 244 cm³/mol. The van der Waals surface area contributed by atoms with E-state index in [9.17, 15) is 4.79 Å². The Morgan fingerprint density at radius 1 is 0.929 bits per heavy atom. The fourth-order valence-corrected chi connectivity index (χ4v) is 5.11. The van der Waals surface area contributed by atoms with E-state index in [0.717, 1.165) is 61.3 Å². The Labute approximate surface area is 341 Å². The molecule has 0 bridgehead atoms. The lowest BCUT2D eigenvalue weighted by Gasteiger charge is -2.26. The van der Waals surface area contributed by atoms with Gasteiger partial charge in [0.25, 0.3) is 0 Å². The van der Waals surface area contributed by atoms with Crippen LogP contribution >= 0.6 is 0 Å². The van der Waals surface area contributed by atoms with E-state index >= 15 is 0 Å². The van der Waals surface area contributed by atoms with Crippen molar-refractivity contribution >= 4 is 5.91 Å². The fourth-order valence-electron chi connectivity index (χ4n) is 5.11. The summed E-state index contributed by atoms with van der Waals surface area (Å²) in [5.74, 6) is 0.574. The number of likely N-dealkylation sites (N-methyl/N-ethyl adjacent to an activating group) is 1. The molecule has 0 aromatic carbocycles. The Hall–Kier alpha value is -5.45. The number of carbonyl (C=O) groups excluding carboxylic acids is 1. The quantitative estimate of drug-likeness (QED) is 0.167. The SMILES string of the molecule is C=C=C(C)Cc1ccccn1.C=CCC.C=C[C@@H]1C=CCN1C(=C)Cc1ccccn1.CC.CC.CCC(=O)NC1C=CC(/C=C/C2C=CC(NC)=CC2)=CC1. The van der Waals surface area contributed by atoms with Crippen LogP contribution in [0.2, 0.25) is 0 Å². The zero-order chi connectivity index (χ0) is 42.0. The fraction of sp³-hybridized carbons (Fsp3) is 0.360. The van der Waals surface area contributed by atoms with E-state index in [0.29, 0.717) is 12.3 Å². The third-order valence-electron chi connectivity index (χ3n) is 8.27. The van der Waals surface area contributed by atoms with Crippen LogP contribution in [0.5, 0.6) is 0 Å². The van der Waals surface area contributed by atoms with E-state index in [4.69, 9.17) is 0 Å². The molecule has 6 nitrogen and oxygen atoms in total. The minimum Gasteiger partial charge on any atom is -0.388 e. The summed E-state index contributed by atoms with van der Waals surface area (Å²) >= 11 is 0. The lowest BCUT2D eigenvalue weighted by atomic mass is 9.96. The van der Waals surface area contributed by atoms with Gasteiger partial charge >= 0.3 is 0 Å². The van der Waals surface area contributed by atoms with Crippen molar-refractivity contribution in [2.45, 2.75) is 99.1 Å². The summed E-state index contributed by atoms with van der Waals surface area (Å²) in [7, 11) is 1.94. The van der Waals surface area contributed by atoms with Gasteiger partial charge in [-0.15, -0.1) is 18.9 Å². The molecule has 0 radical (unpaired) electrons. The van der Waals surface area contributed by atoms with Crippen molar-refractivity contribution < 1.29 is 4.79 Å². The highest BCUT2D eigenvalue weighted by molar-refractivity contribution is 5.76. The zero-order valence-corrected chi connectivity index (χ0v) is 35.8. The Balaban J connectivity index is 0.000000766. The molecule has 2 aliphatic carbocycles. The van der Waals surface area contributed by atoms with Gasteiger partial charge in [0.2, 0.25) is 5.91 Å². The summed E-state index contributed by atoms with van der Waals surface area (Å²) in [6.07, 6.45) is 34.2. The Kier molecular flexibility index (Phi) is 29.7. The topological polar surface area (TPSA) is 70.2 Å². The molecule has 0 saturated carbocycles. The molecule has 2 aromatic rings. The van der Waals surface area contributed by atoms with Gasteiger partial charge in [-0.2, -0.15) is 0 Å². The van der Waals surface area contributed by atoms with Crippen molar-refractivity contribution in [1.29, 1.82) is 0 Å². The lowest BCUT2D eigenvalue weighted by molar-refractivity contribution is -0.121. The molecule has 0 saturated heterocycles. The average molecular weight is 758 g/mol. The van der Waals surface area contributed by atoms with Crippen molar-refractivity contribution in [1.82, 2.24) is 25.5 Å². The molecule has 0 fully saturated rings. The second-order valence-corrected chi connectivity index (χ2v) is 12.4. The van der Waals surface area contributed by atoms with Crippen molar-refractivity contribution in [3.63, 3.8) is 0 Å². The van der Waals surface area contributed by atoms with Gasteiger partial charge in [0.05, 0.1) is 12.1 Å². The molecule has 3 aliphatic rings. The highest BCUT2D eigenvalue weighted by Crippen LogP contribution is 2.20. The van der Waals surface area contributed by atoms with Crippen LogP contribution < -0.4 is 10.6 Å². The molecule has 2 unspecified atom stereocenters. The van der Waals surface area contributed by atoms with Gasteiger partial charge in [-0.05, 0) is 73.6 Å². The Bertz CT molecular complexity index is 1640. The number of nitrogens with one attached hydrogen (secondary N) is 2. The van der Waals surface area contributed by atoms with Gasteiger partial charge in [-0.1, -0.05) is 134 Å². The van der Waals surface area contributed by atoms with Crippen LogP contribution in [0.3, 0.4) is 0 Å². The second-order valence-electron chi connectivity index (χ2n) is 12.4. The molecule has 0 spiro atoms. The van der Waals surface area contributed by atoms with Gasteiger partial charge in [0.15, 0.2) is 0 Å². The number of allylic oxidation sites excluding steroid dienone is 10. The van der Waals surface area contributed by atoms with Crippen LogP contribution in [0.25, 0.3) is 0 Å². The first-order valence-electron chi connectivity index (χ1n) is 20.2. The van der Waals surface area contributed by atoms with Crippen molar-refractivity contribution in [3.05, 3.63) is 188 Å². The maximum absolute atomic E-state index is 11.3. The summed E-state index contributed by atoms with van der Waals surface area (Å²) < 4.78 is 0. The van der Waals surface area contributed by atoms with E-state index in [2.05, 4.69) is 125 Å². The van der Waals surface area contributed by atoms with Gasteiger partial charge in [-0.3, -0.25) is 14.8 Å². The van der Waals surface area contributed by atoms with Crippen LogP contribution in [0.15, 0.2) is 176 Å². The van der Waals surface area contributed by atoms with E-state index in [1.54, 1.807) is 6.20 Å². The lowest BCUT2D eigenvalue weighted by Crippen LogP contribution is -2.33. The van der Waals surface area contributed by atoms with E-state index in [-0.39, 0.29) is 18.0 Å². The van der Waals surface area contributed by atoms with Gasteiger partial charge in [-0.25, -0.2) is 0 Å². The monoisotopic (exact) mass is 758 g/mol. The number of rotatable bonds is 12. The first-order chi connectivity index (χ1) is 27.3. The third kappa shape index (κ3) is 22.1. The minimum atomic E-state index is 0.108. The first-order valence-corrected chi connectivity index (χ1v) is 20.2. The van der Waals surface area contributed by atoms with Crippen LogP contribution in [0.1, 0.15) is 85.5 Å².